The van der Waals surface area contributed by atoms with Crippen molar-refractivity contribution in [3.8, 4) is 11.4 Å². The smallest absolute Gasteiger partial charge is 0.236 e. The fourth-order valence-electron chi connectivity index (χ4n) is 2.73. The van der Waals surface area contributed by atoms with Gasteiger partial charge in [-0.05, 0) is 33.3 Å². The zero-order valence-corrected chi connectivity index (χ0v) is 18.1. The van der Waals surface area contributed by atoms with Crippen molar-refractivity contribution >= 4 is 34.1 Å². The molecule has 2 heterocycles. The van der Waals surface area contributed by atoms with Crippen molar-refractivity contribution in [1.82, 2.24) is 25.0 Å². The van der Waals surface area contributed by atoms with Gasteiger partial charge in [0.1, 0.15) is 5.01 Å². The van der Waals surface area contributed by atoms with Gasteiger partial charge in [-0.1, -0.05) is 53.8 Å². The fraction of sp³-hybridized carbons (Fsp3) is 0.421. The Kier molecular flexibility index (Phi) is 6.79. The summed E-state index contributed by atoms with van der Waals surface area (Å²) in [6.07, 6.45) is 1.88. The molecule has 0 radical (unpaired) electrons. The summed E-state index contributed by atoms with van der Waals surface area (Å²) in [6.45, 7) is 8.32. The standard InChI is InChI=1S/C19H24N6OS2/c1-5-7-16-21-23-18(28-16)20-15(26)11-27-19-24-22-17(25(19)12(2)3)14-9-6-8-13(4)10-14/h6,8-10,12H,5,7,11H2,1-4H3,(H,20,23,26). The molecule has 3 rings (SSSR count). The van der Waals surface area contributed by atoms with Gasteiger partial charge in [-0.15, -0.1) is 20.4 Å². The highest BCUT2D eigenvalue weighted by molar-refractivity contribution is 7.99. The van der Waals surface area contributed by atoms with Gasteiger partial charge < -0.3 is 0 Å². The first-order valence-electron chi connectivity index (χ1n) is 9.25. The highest BCUT2D eigenvalue weighted by Gasteiger charge is 2.18. The van der Waals surface area contributed by atoms with E-state index in [2.05, 4.69) is 70.1 Å². The van der Waals surface area contributed by atoms with Gasteiger partial charge in [0.05, 0.1) is 5.75 Å². The number of benzene rings is 1. The molecule has 28 heavy (non-hydrogen) atoms. The maximum Gasteiger partial charge on any atom is 0.236 e. The van der Waals surface area contributed by atoms with Crippen LogP contribution in [0.25, 0.3) is 11.4 Å². The van der Waals surface area contributed by atoms with Gasteiger partial charge in [0, 0.05) is 18.0 Å². The van der Waals surface area contributed by atoms with Crippen molar-refractivity contribution in [1.29, 1.82) is 0 Å². The molecule has 0 spiro atoms. The van der Waals surface area contributed by atoms with Crippen LogP contribution in [0.3, 0.4) is 0 Å². The number of hydrogen-bond acceptors (Lipinski definition) is 7. The molecule has 0 aliphatic carbocycles. The minimum absolute atomic E-state index is 0.125. The molecule has 148 valence electrons. The van der Waals surface area contributed by atoms with E-state index in [-0.39, 0.29) is 17.7 Å². The molecule has 0 saturated heterocycles. The monoisotopic (exact) mass is 416 g/mol. The van der Waals surface area contributed by atoms with Crippen LogP contribution in [0.4, 0.5) is 5.13 Å². The average molecular weight is 417 g/mol. The molecule has 2 aromatic heterocycles. The normalized spacial score (nSPS) is 11.2. The van der Waals surface area contributed by atoms with Crippen molar-refractivity contribution in [2.45, 2.75) is 51.7 Å². The second kappa shape index (κ2) is 9.29. The van der Waals surface area contributed by atoms with Crippen LogP contribution in [-0.2, 0) is 11.2 Å². The van der Waals surface area contributed by atoms with Crippen molar-refractivity contribution in [3.63, 3.8) is 0 Å². The molecule has 0 fully saturated rings. The molecule has 1 N–H and O–H groups in total. The number of amides is 1. The molecular formula is C19H24N6OS2. The average Bonchev–Trinajstić information content (AvgIpc) is 3.27. The van der Waals surface area contributed by atoms with E-state index in [0.717, 1.165) is 34.4 Å². The Bertz CT molecular complexity index is 950. The van der Waals surface area contributed by atoms with Crippen LogP contribution in [-0.4, -0.2) is 36.6 Å². The first kappa shape index (κ1) is 20.5. The summed E-state index contributed by atoms with van der Waals surface area (Å²) < 4.78 is 2.07. The predicted octanol–water partition coefficient (Wildman–Crippen LogP) is 4.37. The second-order valence-corrected chi connectivity index (χ2v) is 8.73. The van der Waals surface area contributed by atoms with Crippen LogP contribution in [0, 0.1) is 6.92 Å². The lowest BCUT2D eigenvalue weighted by Crippen LogP contribution is -2.15. The predicted molar refractivity (Wildman–Crippen MR) is 114 cm³/mol. The molecule has 7 nitrogen and oxygen atoms in total. The Morgan fingerprint density at radius 2 is 2.07 bits per heavy atom. The Hall–Kier alpha value is -2.26. The van der Waals surface area contributed by atoms with E-state index in [0.29, 0.717) is 5.13 Å². The molecule has 0 atom stereocenters. The number of rotatable bonds is 8. The SMILES string of the molecule is CCCc1nnc(NC(=O)CSc2nnc(-c3cccc(C)c3)n2C(C)C)s1. The first-order valence-corrected chi connectivity index (χ1v) is 11.0. The second-order valence-electron chi connectivity index (χ2n) is 6.73. The molecule has 0 bridgehead atoms. The lowest BCUT2D eigenvalue weighted by molar-refractivity contribution is -0.113. The summed E-state index contributed by atoms with van der Waals surface area (Å²) in [4.78, 5) is 12.3. The number of nitrogens with zero attached hydrogens (tertiary/aromatic N) is 5. The molecule has 0 aliphatic heterocycles. The van der Waals surface area contributed by atoms with Gasteiger partial charge >= 0.3 is 0 Å². The number of anilines is 1. The van der Waals surface area contributed by atoms with Crippen LogP contribution < -0.4 is 5.32 Å². The van der Waals surface area contributed by atoms with E-state index in [9.17, 15) is 4.79 Å². The van der Waals surface area contributed by atoms with E-state index >= 15 is 0 Å². The van der Waals surface area contributed by atoms with Crippen molar-refractivity contribution < 1.29 is 4.79 Å². The number of aryl methyl sites for hydroxylation is 2. The third kappa shape index (κ3) is 4.96. The molecule has 9 heteroatoms. The van der Waals surface area contributed by atoms with E-state index in [1.807, 2.05) is 12.1 Å². The van der Waals surface area contributed by atoms with Gasteiger partial charge in [-0.2, -0.15) is 0 Å². The maximum atomic E-state index is 12.3. The maximum absolute atomic E-state index is 12.3. The minimum Gasteiger partial charge on any atom is -0.300 e. The number of hydrogen-bond donors (Lipinski definition) is 1. The lowest BCUT2D eigenvalue weighted by atomic mass is 10.1. The van der Waals surface area contributed by atoms with Crippen LogP contribution in [0.5, 0.6) is 0 Å². The zero-order valence-electron chi connectivity index (χ0n) is 16.5. The Morgan fingerprint density at radius 3 is 2.79 bits per heavy atom. The van der Waals surface area contributed by atoms with Gasteiger partial charge in [-0.25, -0.2) is 0 Å². The Morgan fingerprint density at radius 1 is 1.25 bits per heavy atom. The number of thioether (sulfide) groups is 1. The highest BCUT2D eigenvalue weighted by Crippen LogP contribution is 2.28. The topological polar surface area (TPSA) is 85.6 Å². The van der Waals surface area contributed by atoms with E-state index in [4.69, 9.17) is 0 Å². The van der Waals surface area contributed by atoms with Gasteiger partial charge in [0.2, 0.25) is 11.0 Å². The van der Waals surface area contributed by atoms with Gasteiger partial charge in [0.25, 0.3) is 0 Å². The summed E-state index contributed by atoms with van der Waals surface area (Å²) in [5, 5.41) is 21.8. The molecular weight excluding hydrogens is 392 g/mol. The minimum atomic E-state index is -0.125. The fourth-order valence-corrected chi connectivity index (χ4v) is 4.45. The third-order valence-electron chi connectivity index (χ3n) is 3.97. The summed E-state index contributed by atoms with van der Waals surface area (Å²) in [6, 6.07) is 8.36. The van der Waals surface area contributed by atoms with E-state index < -0.39 is 0 Å². The Labute approximate surface area is 173 Å². The van der Waals surface area contributed by atoms with E-state index in [1.54, 1.807) is 0 Å². The first-order chi connectivity index (χ1) is 13.5. The summed E-state index contributed by atoms with van der Waals surface area (Å²) in [5.41, 5.74) is 2.19. The Balaban J connectivity index is 1.69. The van der Waals surface area contributed by atoms with Crippen LogP contribution >= 0.6 is 23.1 Å². The number of carbonyl (C=O) groups excluding carboxylic acids is 1. The van der Waals surface area contributed by atoms with Crippen molar-refractivity contribution in [2.75, 3.05) is 11.1 Å². The number of aromatic nitrogens is 5. The summed E-state index contributed by atoms with van der Waals surface area (Å²) in [5.74, 6) is 0.927. The summed E-state index contributed by atoms with van der Waals surface area (Å²) >= 11 is 2.79. The molecule has 3 aromatic rings. The van der Waals surface area contributed by atoms with Gasteiger partial charge in [0.15, 0.2) is 11.0 Å². The molecule has 1 amide bonds. The van der Waals surface area contributed by atoms with Crippen LogP contribution in [0.2, 0.25) is 0 Å². The molecule has 0 aliphatic rings. The van der Waals surface area contributed by atoms with Crippen molar-refractivity contribution in [2.24, 2.45) is 0 Å². The third-order valence-corrected chi connectivity index (χ3v) is 5.81. The van der Waals surface area contributed by atoms with Crippen LogP contribution in [0.1, 0.15) is 43.8 Å². The molecule has 0 unspecified atom stereocenters. The quantitative estimate of drug-likeness (QED) is 0.549. The van der Waals surface area contributed by atoms with Gasteiger partial charge in [-0.3, -0.25) is 14.7 Å². The van der Waals surface area contributed by atoms with Crippen molar-refractivity contribution in [3.05, 3.63) is 34.8 Å². The lowest BCUT2D eigenvalue weighted by Gasteiger charge is -2.13. The van der Waals surface area contributed by atoms with E-state index in [1.165, 1.54) is 28.7 Å². The summed E-state index contributed by atoms with van der Waals surface area (Å²) in [7, 11) is 0. The number of carbonyl (C=O) groups is 1. The zero-order chi connectivity index (χ0) is 20.1. The number of nitrogens with one attached hydrogen (secondary N) is 1. The highest BCUT2D eigenvalue weighted by atomic mass is 32.2. The molecule has 0 saturated carbocycles. The van der Waals surface area contributed by atoms with Crippen LogP contribution in [0.15, 0.2) is 29.4 Å². The largest absolute Gasteiger partial charge is 0.300 e. The molecule has 1 aromatic carbocycles.